The van der Waals surface area contributed by atoms with Crippen molar-refractivity contribution in [3.05, 3.63) is 42.7 Å². The summed E-state index contributed by atoms with van der Waals surface area (Å²) in [6.45, 7) is 0. The topological polar surface area (TPSA) is 28.7 Å². The maximum atomic E-state index is 4.13. The zero-order chi connectivity index (χ0) is 7.52. The molecule has 2 aromatic rings. The fourth-order valence-electron chi connectivity index (χ4n) is 1.02. The van der Waals surface area contributed by atoms with E-state index < -0.39 is 0 Å². The Morgan fingerprint density at radius 2 is 1.83 bits per heavy atom. The van der Waals surface area contributed by atoms with E-state index in [9.17, 15) is 0 Å². The third kappa shape index (κ3) is 1.74. The Labute approximate surface area is 81.4 Å². The summed E-state index contributed by atoms with van der Waals surface area (Å²) in [6, 6.07) is 10.0. The predicted octanol–water partition coefficient (Wildman–Crippen LogP) is 2.65. The second-order valence-electron chi connectivity index (χ2n) is 2.30. The number of nitrogens with one attached hydrogen (secondary N) is 1. The van der Waals surface area contributed by atoms with Crippen molar-refractivity contribution in [2.45, 2.75) is 0 Å². The zero-order valence-corrected chi connectivity index (χ0v) is 8.11. The minimum Gasteiger partial charge on any atom is -0.345 e. The largest absolute Gasteiger partial charge is 0.345 e. The van der Waals surface area contributed by atoms with Crippen molar-refractivity contribution >= 4 is 17.0 Å². The first-order valence-corrected chi connectivity index (χ1v) is 3.51. The average molecular weight is 225 g/mol. The van der Waals surface area contributed by atoms with Crippen molar-refractivity contribution in [3.8, 4) is 11.4 Å². The molecule has 1 aromatic carbocycles. The van der Waals surface area contributed by atoms with Crippen LogP contribution in [0.15, 0.2) is 42.7 Å². The Morgan fingerprint density at radius 1 is 1.08 bits per heavy atom. The molecule has 12 heavy (non-hydrogen) atoms. The number of imidazole rings is 1. The van der Waals surface area contributed by atoms with E-state index >= 15 is 0 Å². The van der Waals surface area contributed by atoms with E-state index in [0.29, 0.717) is 0 Å². The molecule has 2 rings (SSSR count). The summed E-state index contributed by atoms with van der Waals surface area (Å²) in [6.07, 6.45) is 3.57. The Balaban J connectivity index is 0.000000720. The summed E-state index contributed by atoms with van der Waals surface area (Å²) in [5.74, 6) is 0.922. The zero-order valence-electron chi connectivity index (χ0n) is 6.40. The Bertz CT molecular complexity index is 316. The first kappa shape index (κ1) is 9.00. The molecule has 1 heterocycles. The maximum Gasteiger partial charge on any atom is 0.137 e. The van der Waals surface area contributed by atoms with Crippen LogP contribution in [0.4, 0.5) is 0 Å². The molecule has 2 nitrogen and oxygen atoms in total. The van der Waals surface area contributed by atoms with Gasteiger partial charge in [-0.05, 0) is 0 Å². The van der Waals surface area contributed by atoms with Gasteiger partial charge in [0.15, 0.2) is 0 Å². The highest BCUT2D eigenvalue weighted by Gasteiger charge is 1.94. The highest BCUT2D eigenvalue weighted by Crippen LogP contribution is 2.11. The van der Waals surface area contributed by atoms with Gasteiger partial charge in [-0.2, -0.15) is 0 Å². The van der Waals surface area contributed by atoms with Gasteiger partial charge in [-0.1, -0.05) is 30.3 Å². The fraction of sp³-hybridized carbons (Fsp3) is 0. The molecular formula is C9H9BrN2. The number of aromatic nitrogens is 2. The lowest BCUT2D eigenvalue weighted by Crippen LogP contribution is -1.77. The quantitative estimate of drug-likeness (QED) is 0.793. The first-order valence-electron chi connectivity index (χ1n) is 3.51. The van der Waals surface area contributed by atoms with Crippen LogP contribution in [-0.2, 0) is 0 Å². The van der Waals surface area contributed by atoms with Gasteiger partial charge in [0.05, 0.1) is 0 Å². The molecule has 0 aliphatic heterocycles. The summed E-state index contributed by atoms with van der Waals surface area (Å²) < 4.78 is 0. The molecule has 0 aliphatic carbocycles. The van der Waals surface area contributed by atoms with Crippen molar-refractivity contribution in [1.82, 2.24) is 9.97 Å². The van der Waals surface area contributed by atoms with Crippen LogP contribution in [0.1, 0.15) is 0 Å². The van der Waals surface area contributed by atoms with E-state index in [-0.39, 0.29) is 17.0 Å². The molecule has 3 heteroatoms. The van der Waals surface area contributed by atoms with Gasteiger partial charge >= 0.3 is 0 Å². The number of hydrogen-bond acceptors (Lipinski definition) is 1. The summed E-state index contributed by atoms with van der Waals surface area (Å²) in [5.41, 5.74) is 1.12. The Morgan fingerprint density at radius 3 is 2.42 bits per heavy atom. The average Bonchev–Trinajstić information content (AvgIpc) is 2.58. The standard InChI is InChI=1S/C9H8N2.BrH/c1-2-4-8(5-3-1)9-10-6-7-11-9;/h1-7H,(H,10,11);1H. The molecule has 1 aromatic heterocycles. The molecule has 0 atom stereocenters. The second kappa shape index (κ2) is 4.07. The lowest BCUT2D eigenvalue weighted by atomic mass is 10.2. The smallest absolute Gasteiger partial charge is 0.137 e. The minimum atomic E-state index is 0. The van der Waals surface area contributed by atoms with Crippen molar-refractivity contribution in [2.75, 3.05) is 0 Å². The number of rotatable bonds is 1. The monoisotopic (exact) mass is 224 g/mol. The highest BCUT2D eigenvalue weighted by molar-refractivity contribution is 8.93. The van der Waals surface area contributed by atoms with E-state index in [1.165, 1.54) is 0 Å². The number of nitrogens with zero attached hydrogens (tertiary/aromatic N) is 1. The number of hydrogen-bond donors (Lipinski definition) is 1. The number of halogens is 1. The van der Waals surface area contributed by atoms with Crippen LogP contribution in [0.25, 0.3) is 11.4 Å². The lowest BCUT2D eigenvalue weighted by Gasteiger charge is -1.92. The summed E-state index contributed by atoms with van der Waals surface area (Å²) in [5, 5.41) is 0. The SMILES string of the molecule is Br.c1ccc(-c2ncc[nH]2)cc1. The molecule has 0 radical (unpaired) electrons. The Hall–Kier alpha value is -1.09. The predicted molar refractivity (Wildman–Crippen MR) is 54.3 cm³/mol. The van der Waals surface area contributed by atoms with Crippen LogP contribution in [0.5, 0.6) is 0 Å². The summed E-state index contributed by atoms with van der Waals surface area (Å²) in [4.78, 5) is 7.17. The van der Waals surface area contributed by atoms with Gasteiger partial charge in [-0.25, -0.2) is 4.98 Å². The van der Waals surface area contributed by atoms with E-state index in [1.807, 2.05) is 36.5 Å². The molecule has 0 spiro atoms. The highest BCUT2D eigenvalue weighted by atomic mass is 79.9. The van der Waals surface area contributed by atoms with Crippen LogP contribution in [0.2, 0.25) is 0 Å². The van der Waals surface area contributed by atoms with E-state index in [4.69, 9.17) is 0 Å². The fourth-order valence-corrected chi connectivity index (χ4v) is 1.02. The van der Waals surface area contributed by atoms with Crippen LogP contribution in [-0.4, -0.2) is 9.97 Å². The molecule has 0 aliphatic rings. The molecule has 0 saturated heterocycles. The molecular weight excluding hydrogens is 216 g/mol. The van der Waals surface area contributed by atoms with E-state index in [2.05, 4.69) is 9.97 Å². The molecule has 0 unspecified atom stereocenters. The number of benzene rings is 1. The molecule has 62 valence electrons. The van der Waals surface area contributed by atoms with Gasteiger partial charge in [0.2, 0.25) is 0 Å². The van der Waals surface area contributed by atoms with Gasteiger partial charge in [-0.15, -0.1) is 17.0 Å². The van der Waals surface area contributed by atoms with Gasteiger partial charge in [0.25, 0.3) is 0 Å². The van der Waals surface area contributed by atoms with Crippen LogP contribution < -0.4 is 0 Å². The molecule has 0 fully saturated rings. The molecule has 0 amide bonds. The molecule has 1 N–H and O–H groups in total. The third-order valence-corrected chi connectivity index (χ3v) is 1.55. The van der Waals surface area contributed by atoms with Crippen molar-refractivity contribution in [3.63, 3.8) is 0 Å². The van der Waals surface area contributed by atoms with Crippen LogP contribution in [0, 0.1) is 0 Å². The number of H-pyrrole nitrogens is 1. The molecule has 0 saturated carbocycles. The number of aromatic amines is 1. The summed E-state index contributed by atoms with van der Waals surface area (Å²) >= 11 is 0. The van der Waals surface area contributed by atoms with Gasteiger partial charge in [0, 0.05) is 18.0 Å². The minimum absolute atomic E-state index is 0. The lowest BCUT2D eigenvalue weighted by molar-refractivity contribution is 1.31. The van der Waals surface area contributed by atoms with E-state index in [1.54, 1.807) is 6.20 Å². The van der Waals surface area contributed by atoms with Crippen molar-refractivity contribution < 1.29 is 0 Å². The van der Waals surface area contributed by atoms with Gasteiger partial charge in [0.1, 0.15) is 5.82 Å². The van der Waals surface area contributed by atoms with Crippen LogP contribution >= 0.6 is 17.0 Å². The Kier molecular flexibility index (Phi) is 3.05. The van der Waals surface area contributed by atoms with Crippen molar-refractivity contribution in [1.29, 1.82) is 0 Å². The van der Waals surface area contributed by atoms with E-state index in [0.717, 1.165) is 11.4 Å². The third-order valence-electron chi connectivity index (χ3n) is 1.55. The second-order valence-corrected chi connectivity index (χ2v) is 2.30. The summed E-state index contributed by atoms with van der Waals surface area (Å²) in [7, 11) is 0. The van der Waals surface area contributed by atoms with Gasteiger partial charge in [-0.3, -0.25) is 0 Å². The molecule has 0 bridgehead atoms. The van der Waals surface area contributed by atoms with Crippen molar-refractivity contribution in [2.24, 2.45) is 0 Å². The van der Waals surface area contributed by atoms with Crippen LogP contribution in [0.3, 0.4) is 0 Å². The first-order chi connectivity index (χ1) is 5.47. The maximum absolute atomic E-state index is 4.13. The normalized spacial score (nSPS) is 9.00. The van der Waals surface area contributed by atoms with Gasteiger partial charge < -0.3 is 4.98 Å².